The summed E-state index contributed by atoms with van der Waals surface area (Å²) in [5, 5.41) is 9.11. The summed E-state index contributed by atoms with van der Waals surface area (Å²) in [6.45, 7) is 1.87. The van der Waals surface area contributed by atoms with Gasteiger partial charge in [0.2, 0.25) is 0 Å². The van der Waals surface area contributed by atoms with Crippen LogP contribution in [0.3, 0.4) is 0 Å². The number of rotatable bonds is 1. The number of aryl methyl sites for hydroxylation is 1. The van der Waals surface area contributed by atoms with Gasteiger partial charge in [-0.1, -0.05) is 23.8 Å². The average molecular weight is 262 g/mol. The fourth-order valence-corrected chi connectivity index (χ4v) is 2.34. The Morgan fingerprint density at radius 1 is 1.00 bits per heavy atom. The Bertz CT molecular complexity index is 787. The van der Waals surface area contributed by atoms with Crippen LogP contribution in [-0.4, -0.2) is 11.8 Å². The monoisotopic (exact) mass is 262 g/mol. The topological polar surface area (TPSA) is 61.2 Å². The van der Waals surface area contributed by atoms with Crippen molar-refractivity contribution >= 4 is 17.5 Å². The first-order valence-corrected chi connectivity index (χ1v) is 6.12. The van der Waals surface area contributed by atoms with E-state index in [4.69, 9.17) is 5.26 Å². The number of carbonyl (C=O) groups excluding carboxylic acids is 2. The number of anilines is 1. The highest BCUT2D eigenvalue weighted by atomic mass is 16.2. The lowest BCUT2D eigenvalue weighted by Gasteiger charge is -2.14. The van der Waals surface area contributed by atoms with Crippen molar-refractivity contribution in [3.05, 3.63) is 64.7 Å². The van der Waals surface area contributed by atoms with E-state index in [1.54, 1.807) is 42.5 Å². The van der Waals surface area contributed by atoms with Crippen molar-refractivity contribution in [3.63, 3.8) is 0 Å². The van der Waals surface area contributed by atoms with E-state index in [-0.39, 0.29) is 11.8 Å². The average Bonchev–Trinajstić information content (AvgIpc) is 2.70. The highest BCUT2D eigenvalue weighted by Crippen LogP contribution is 2.30. The molecule has 1 heterocycles. The molecular formula is C16H10N2O2. The van der Waals surface area contributed by atoms with Gasteiger partial charge in [0.1, 0.15) is 6.07 Å². The van der Waals surface area contributed by atoms with Gasteiger partial charge >= 0.3 is 0 Å². The highest BCUT2D eigenvalue weighted by Gasteiger charge is 2.37. The van der Waals surface area contributed by atoms with Crippen LogP contribution in [0.25, 0.3) is 0 Å². The fourth-order valence-electron chi connectivity index (χ4n) is 2.34. The van der Waals surface area contributed by atoms with Gasteiger partial charge in [0.05, 0.1) is 22.4 Å². The normalized spacial score (nSPS) is 13.3. The molecule has 0 N–H and O–H groups in total. The van der Waals surface area contributed by atoms with Crippen LogP contribution in [0.2, 0.25) is 0 Å². The first-order chi connectivity index (χ1) is 9.63. The Kier molecular flexibility index (Phi) is 2.62. The lowest BCUT2D eigenvalue weighted by atomic mass is 10.1. The van der Waals surface area contributed by atoms with Crippen molar-refractivity contribution in [3.8, 4) is 6.07 Å². The van der Waals surface area contributed by atoms with Gasteiger partial charge in [0.25, 0.3) is 11.8 Å². The van der Waals surface area contributed by atoms with Crippen molar-refractivity contribution in [2.45, 2.75) is 6.92 Å². The van der Waals surface area contributed by atoms with Crippen LogP contribution >= 0.6 is 0 Å². The molecule has 2 aromatic rings. The molecule has 96 valence electrons. The molecule has 4 nitrogen and oxygen atoms in total. The van der Waals surface area contributed by atoms with Crippen LogP contribution in [0.5, 0.6) is 0 Å². The maximum Gasteiger partial charge on any atom is 0.266 e. The summed E-state index contributed by atoms with van der Waals surface area (Å²) in [7, 11) is 0. The number of nitriles is 1. The third-order valence-corrected chi connectivity index (χ3v) is 3.31. The quantitative estimate of drug-likeness (QED) is 0.742. The second-order valence-electron chi connectivity index (χ2n) is 4.62. The predicted molar refractivity (Wildman–Crippen MR) is 73.5 cm³/mol. The third kappa shape index (κ3) is 1.61. The number of hydrogen-bond donors (Lipinski definition) is 0. The van der Waals surface area contributed by atoms with Gasteiger partial charge in [0.15, 0.2) is 0 Å². The number of para-hydroxylation sites is 1. The summed E-state index contributed by atoms with van der Waals surface area (Å²) in [6, 6.07) is 13.7. The molecule has 0 fully saturated rings. The number of fused-ring (bicyclic) bond motifs is 1. The second-order valence-corrected chi connectivity index (χ2v) is 4.62. The minimum atomic E-state index is -0.382. The maximum atomic E-state index is 12.4. The number of nitrogens with zero attached hydrogens (tertiary/aromatic N) is 2. The van der Waals surface area contributed by atoms with E-state index < -0.39 is 0 Å². The van der Waals surface area contributed by atoms with Crippen LogP contribution in [0.1, 0.15) is 31.8 Å². The molecule has 0 atom stereocenters. The lowest BCUT2D eigenvalue weighted by molar-refractivity contribution is 0.0926. The SMILES string of the molecule is Cc1ccc2c(c1)C(=O)N(c1ccccc1C#N)C2=O. The first kappa shape index (κ1) is 12.1. The van der Waals surface area contributed by atoms with Crippen molar-refractivity contribution in [1.29, 1.82) is 5.26 Å². The van der Waals surface area contributed by atoms with Crippen LogP contribution in [0, 0.1) is 18.3 Å². The van der Waals surface area contributed by atoms with Crippen LogP contribution < -0.4 is 4.90 Å². The van der Waals surface area contributed by atoms with E-state index >= 15 is 0 Å². The zero-order valence-electron chi connectivity index (χ0n) is 10.8. The van der Waals surface area contributed by atoms with Crippen molar-refractivity contribution in [2.24, 2.45) is 0 Å². The minimum Gasteiger partial charge on any atom is -0.268 e. The van der Waals surface area contributed by atoms with Gasteiger partial charge in [-0.15, -0.1) is 0 Å². The van der Waals surface area contributed by atoms with Gasteiger partial charge in [0, 0.05) is 0 Å². The summed E-state index contributed by atoms with van der Waals surface area (Å²) < 4.78 is 0. The first-order valence-electron chi connectivity index (χ1n) is 6.12. The van der Waals surface area contributed by atoms with Gasteiger partial charge in [-0.25, -0.2) is 4.90 Å². The third-order valence-electron chi connectivity index (χ3n) is 3.31. The molecule has 0 saturated carbocycles. The van der Waals surface area contributed by atoms with E-state index in [1.165, 1.54) is 0 Å². The number of hydrogen-bond acceptors (Lipinski definition) is 3. The Balaban J connectivity index is 2.17. The van der Waals surface area contributed by atoms with E-state index in [1.807, 2.05) is 13.0 Å². The summed E-state index contributed by atoms with van der Waals surface area (Å²) in [5.41, 5.74) is 2.33. The molecule has 2 amide bonds. The molecule has 0 bridgehead atoms. The number of benzene rings is 2. The van der Waals surface area contributed by atoms with Crippen molar-refractivity contribution in [2.75, 3.05) is 4.90 Å². The molecule has 20 heavy (non-hydrogen) atoms. The minimum absolute atomic E-state index is 0.304. The largest absolute Gasteiger partial charge is 0.268 e. The fraction of sp³-hybridized carbons (Fsp3) is 0.0625. The zero-order chi connectivity index (χ0) is 14.3. The second kappa shape index (κ2) is 4.32. The molecule has 0 unspecified atom stereocenters. The van der Waals surface area contributed by atoms with Gasteiger partial charge in [-0.3, -0.25) is 9.59 Å². The molecule has 3 rings (SSSR count). The lowest BCUT2D eigenvalue weighted by Crippen LogP contribution is -2.30. The molecule has 0 saturated heterocycles. The molecule has 2 aromatic carbocycles. The van der Waals surface area contributed by atoms with Gasteiger partial charge in [-0.05, 0) is 31.2 Å². The zero-order valence-corrected chi connectivity index (χ0v) is 10.8. The van der Waals surface area contributed by atoms with E-state index in [0.29, 0.717) is 22.4 Å². The molecule has 0 aliphatic carbocycles. The van der Waals surface area contributed by atoms with Crippen molar-refractivity contribution < 1.29 is 9.59 Å². The number of carbonyl (C=O) groups is 2. The van der Waals surface area contributed by atoms with E-state index in [0.717, 1.165) is 10.5 Å². The maximum absolute atomic E-state index is 12.4. The number of amides is 2. The molecule has 1 aliphatic rings. The molecule has 1 aliphatic heterocycles. The summed E-state index contributed by atoms with van der Waals surface area (Å²) in [6.07, 6.45) is 0. The summed E-state index contributed by atoms with van der Waals surface area (Å²) >= 11 is 0. The van der Waals surface area contributed by atoms with Crippen LogP contribution in [0.15, 0.2) is 42.5 Å². The molecular weight excluding hydrogens is 252 g/mol. The molecule has 0 aromatic heterocycles. The highest BCUT2D eigenvalue weighted by molar-refractivity contribution is 6.34. The predicted octanol–water partition coefficient (Wildman–Crippen LogP) is 2.67. The molecule has 0 radical (unpaired) electrons. The van der Waals surface area contributed by atoms with Crippen LogP contribution in [-0.2, 0) is 0 Å². The molecule has 0 spiro atoms. The Morgan fingerprint density at radius 2 is 1.70 bits per heavy atom. The van der Waals surface area contributed by atoms with Crippen molar-refractivity contribution in [1.82, 2.24) is 0 Å². The standard InChI is InChI=1S/C16H10N2O2/c1-10-6-7-12-13(8-10)16(20)18(15(12)19)14-5-3-2-4-11(14)9-17/h2-8H,1H3. The summed E-state index contributed by atoms with van der Waals surface area (Å²) in [5.74, 6) is -0.760. The van der Waals surface area contributed by atoms with E-state index in [9.17, 15) is 9.59 Å². The smallest absolute Gasteiger partial charge is 0.266 e. The number of imide groups is 1. The Morgan fingerprint density at radius 3 is 2.45 bits per heavy atom. The van der Waals surface area contributed by atoms with Crippen LogP contribution in [0.4, 0.5) is 5.69 Å². The Hall–Kier alpha value is -2.93. The Labute approximate surface area is 115 Å². The molecule has 4 heteroatoms. The van der Waals surface area contributed by atoms with Gasteiger partial charge in [-0.2, -0.15) is 5.26 Å². The summed E-state index contributed by atoms with van der Waals surface area (Å²) in [4.78, 5) is 25.9. The van der Waals surface area contributed by atoms with E-state index in [2.05, 4.69) is 0 Å². The van der Waals surface area contributed by atoms with Gasteiger partial charge < -0.3 is 0 Å².